The van der Waals surface area contributed by atoms with Gasteiger partial charge in [0.15, 0.2) is 5.65 Å². The van der Waals surface area contributed by atoms with Gasteiger partial charge in [0, 0.05) is 17.4 Å². The molecule has 0 radical (unpaired) electrons. The molecule has 0 bridgehead atoms. The van der Waals surface area contributed by atoms with Crippen LogP contribution in [0.15, 0.2) is 18.3 Å². The largest absolute Gasteiger partial charge is 0.330 e. The third kappa shape index (κ3) is 1.72. The van der Waals surface area contributed by atoms with Crippen molar-refractivity contribution in [2.75, 3.05) is 6.54 Å². The fourth-order valence-electron chi connectivity index (χ4n) is 2.24. The summed E-state index contributed by atoms with van der Waals surface area (Å²) in [4.78, 5) is 4.62. The van der Waals surface area contributed by atoms with Crippen LogP contribution in [0.3, 0.4) is 0 Å². The van der Waals surface area contributed by atoms with Crippen molar-refractivity contribution in [2.24, 2.45) is 5.73 Å². The molecule has 0 aromatic carbocycles. The molecule has 0 aliphatic heterocycles. The number of aromatic nitrogens is 3. The fraction of sp³-hybridized carbons (Fsp3) is 0.571. The van der Waals surface area contributed by atoms with Gasteiger partial charge >= 0.3 is 0 Å². The summed E-state index contributed by atoms with van der Waals surface area (Å²) >= 11 is 0. The molecular formula is C14H20N4. The minimum Gasteiger partial charge on any atom is -0.330 e. The summed E-state index contributed by atoms with van der Waals surface area (Å²) in [5.74, 6) is 0. The zero-order chi connectivity index (χ0) is 13.0. The van der Waals surface area contributed by atoms with E-state index < -0.39 is 0 Å². The van der Waals surface area contributed by atoms with Crippen molar-refractivity contribution in [1.29, 1.82) is 0 Å². The Morgan fingerprint density at radius 1 is 1.33 bits per heavy atom. The van der Waals surface area contributed by atoms with Crippen LogP contribution in [-0.2, 0) is 10.8 Å². The van der Waals surface area contributed by atoms with E-state index in [4.69, 9.17) is 5.73 Å². The molecule has 2 N–H and O–H groups in total. The normalized spacial score (nSPS) is 18.2. The molecule has 0 unspecified atom stereocenters. The molecular weight excluding hydrogens is 224 g/mol. The lowest BCUT2D eigenvalue weighted by molar-refractivity contribution is 0.572. The van der Waals surface area contributed by atoms with Crippen molar-refractivity contribution >= 4 is 5.65 Å². The van der Waals surface area contributed by atoms with Crippen LogP contribution in [0.1, 0.15) is 45.0 Å². The van der Waals surface area contributed by atoms with E-state index in [2.05, 4.69) is 36.9 Å². The number of hydrogen-bond acceptors (Lipinski definition) is 3. The molecule has 18 heavy (non-hydrogen) atoms. The Labute approximate surface area is 107 Å². The molecule has 1 saturated carbocycles. The summed E-state index contributed by atoms with van der Waals surface area (Å²) in [5, 5.41) is 4.69. The van der Waals surface area contributed by atoms with E-state index >= 15 is 0 Å². The molecule has 1 aliphatic carbocycles. The van der Waals surface area contributed by atoms with Crippen LogP contribution in [0.4, 0.5) is 0 Å². The Morgan fingerprint density at radius 2 is 2.06 bits per heavy atom. The van der Waals surface area contributed by atoms with Gasteiger partial charge in [-0.15, -0.1) is 0 Å². The van der Waals surface area contributed by atoms with Crippen LogP contribution in [0.2, 0.25) is 0 Å². The third-order valence-electron chi connectivity index (χ3n) is 3.88. The van der Waals surface area contributed by atoms with Gasteiger partial charge in [-0.3, -0.25) is 0 Å². The topological polar surface area (TPSA) is 56.2 Å². The van der Waals surface area contributed by atoms with Crippen molar-refractivity contribution in [1.82, 2.24) is 14.6 Å². The molecule has 2 heterocycles. The van der Waals surface area contributed by atoms with Gasteiger partial charge in [0.25, 0.3) is 0 Å². The lowest BCUT2D eigenvalue weighted by Gasteiger charge is -2.13. The first-order chi connectivity index (χ1) is 8.44. The van der Waals surface area contributed by atoms with E-state index in [9.17, 15) is 0 Å². The first kappa shape index (κ1) is 11.7. The highest BCUT2D eigenvalue weighted by Crippen LogP contribution is 2.46. The van der Waals surface area contributed by atoms with Gasteiger partial charge in [-0.25, -0.2) is 9.50 Å². The Kier molecular flexibility index (Phi) is 2.29. The summed E-state index contributed by atoms with van der Waals surface area (Å²) in [7, 11) is 0. The van der Waals surface area contributed by atoms with Crippen LogP contribution < -0.4 is 5.73 Å². The SMILES string of the molecule is CC(C)(C)c1cn2nc(C3(CN)CC3)ccc2n1. The number of imidazole rings is 1. The molecule has 4 heteroatoms. The van der Waals surface area contributed by atoms with Gasteiger partial charge < -0.3 is 5.73 Å². The van der Waals surface area contributed by atoms with Gasteiger partial charge in [-0.05, 0) is 25.0 Å². The molecule has 96 valence electrons. The van der Waals surface area contributed by atoms with Crippen LogP contribution in [0, 0.1) is 0 Å². The Bertz CT molecular complexity index is 587. The predicted octanol–water partition coefficient (Wildman–Crippen LogP) is 2.02. The average molecular weight is 244 g/mol. The van der Waals surface area contributed by atoms with E-state index in [0.29, 0.717) is 6.54 Å². The standard InChI is InChI=1S/C14H20N4/c1-13(2,3)11-8-18-12(16-11)5-4-10(17-18)14(9-15)6-7-14/h4-5,8H,6-7,9,15H2,1-3H3. The number of fused-ring (bicyclic) bond motifs is 1. The summed E-state index contributed by atoms with van der Waals surface area (Å²) in [6.45, 7) is 7.18. The van der Waals surface area contributed by atoms with E-state index in [1.54, 1.807) is 0 Å². The van der Waals surface area contributed by atoms with E-state index in [-0.39, 0.29) is 10.8 Å². The van der Waals surface area contributed by atoms with Crippen molar-refractivity contribution in [3.8, 4) is 0 Å². The average Bonchev–Trinajstić information content (AvgIpc) is 2.99. The molecule has 1 fully saturated rings. The second-order valence-corrected chi connectivity index (χ2v) is 6.38. The highest BCUT2D eigenvalue weighted by atomic mass is 15.3. The summed E-state index contributed by atoms with van der Waals surface area (Å²) in [6, 6.07) is 4.13. The Morgan fingerprint density at radius 3 is 2.61 bits per heavy atom. The number of hydrogen-bond donors (Lipinski definition) is 1. The number of nitrogens with two attached hydrogens (primary N) is 1. The zero-order valence-electron chi connectivity index (χ0n) is 11.3. The maximum atomic E-state index is 5.85. The van der Waals surface area contributed by atoms with Crippen LogP contribution in [-0.4, -0.2) is 21.1 Å². The molecule has 0 spiro atoms. The molecule has 0 saturated heterocycles. The Balaban J connectivity index is 2.08. The first-order valence-corrected chi connectivity index (χ1v) is 6.52. The van der Waals surface area contributed by atoms with Crippen LogP contribution in [0.25, 0.3) is 5.65 Å². The molecule has 3 rings (SSSR count). The lowest BCUT2D eigenvalue weighted by Crippen LogP contribution is -2.21. The van der Waals surface area contributed by atoms with Crippen LogP contribution >= 0.6 is 0 Å². The molecule has 2 aromatic heterocycles. The zero-order valence-corrected chi connectivity index (χ0v) is 11.3. The molecule has 4 nitrogen and oxygen atoms in total. The number of rotatable bonds is 2. The first-order valence-electron chi connectivity index (χ1n) is 6.52. The van der Waals surface area contributed by atoms with Gasteiger partial charge in [-0.2, -0.15) is 5.10 Å². The highest BCUT2D eigenvalue weighted by Gasteiger charge is 2.44. The summed E-state index contributed by atoms with van der Waals surface area (Å²) in [5.41, 5.74) is 9.14. The van der Waals surface area contributed by atoms with E-state index in [0.717, 1.165) is 29.9 Å². The Hall–Kier alpha value is -1.42. The molecule has 1 aliphatic rings. The molecule has 0 amide bonds. The minimum atomic E-state index is 0.0546. The maximum Gasteiger partial charge on any atom is 0.153 e. The van der Waals surface area contributed by atoms with Gasteiger partial charge in [0.05, 0.1) is 17.6 Å². The van der Waals surface area contributed by atoms with Crippen molar-refractivity contribution in [3.63, 3.8) is 0 Å². The number of nitrogens with zero attached hydrogens (tertiary/aromatic N) is 3. The van der Waals surface area contributed by atoms with E-state index in [1.807, 2.05) is 16.8 Å². The second-order valence-electron chi connectivity index (χ2n) is 6.38. The maximum absolute atomic E-state index is 5.85. The highest BCUT2D eigenvalue weighted by molar-refractivity contribution is 5.41. The quantitative estimate of drug-likeness (QED) is 0.879. The second kappa shape index (κ2) is 3.54. The predicted molar refractivity (Wildman–Crippen MR) is 71.7 cm³/mol. The summed E-state index contributed by atoms with van der Waals surface area (Å²) < 4.78 is 1.89. The van der Waals surface area contributed by atoms with Gasteiger partial charge in [-0.1, -0.05) is 20.8 Å². The van der Waals surface area contributed by atoms with Crippen molar-refractivity contribution in [3.05, 3.63) is 29.7 Å². The van der Waals surface area contributed by atoms with Crippen molar-refractivity contribution in [2.45, 2.75) is 44.4 Å². The fourth-order valence-corrected chi connectivity index (χ4v) is 2.24. The smallest absolute Gasteiger partial charge is 0.153 e. The lowest BCUT2D eigenvalue weighted by atomic mass is 9.93. The van der Waals surface area contributed by atoms with Crippen LogP contribution in [0.5, 0.6) is 0 Å². The molecule has 0 atom stereocenters. The monoisotopic (exact) mass is 244 g/mol. The van der Waals surface area contributed by atoms with Crippen molar-refractivity contribution < 1.29 is 0 Å². The van der Waals surface area contributed by atoms with Gasteiger partial charge in [0.2, 0.25) is 0 Å². The van der Waals surface area contributed by atoms with Gasteiger partial charge in [0.1, 0.15) is 0 Å². The third-order valence-corrected chi connectivity index (χ3v) is 3.88. The van der Waals surface area contributed by atoms with E-state index in [1.165, 1.54) is 0 Å². The summed E-state index contributed by atoms with van der Waals surface area (Å²) in [6.07, 6.45) is 4.34. The molecule has 2 aromatic rings. The minimum absolute atomic E-state index is 0.0546.